The summed E-state index contributed by atoms with van der Waals surface area (Å²) in [5, 5.41) is 0. The fourth-order valence-electron chi connectivity index (χ4n) is 4.90. The van der Waals surface area contributed by atoms with E-state index in [-0.39, 0.29) is 0 Å². The molecule has 0 spiro atoms. The van der Waals surface area contributed by atoms with Crippen molar-refractivity contribution in [3.63, 3.8) is 0 Å². The van der Waals surface area contributed by atoms with Gasteiger partial charge in [0.2, 0.25) is 0 Å². The summed E-state index contributed by atoms with van der Waals surface area (Å²) >= 11 is 0. The zero-order valence-corrected chi connectivity index (χ0v) is 14.7. The third kappa shape index (κ3) is 3.11. The Morgan fingerprint density at radius 3 is 1.22 bits per heavy atom. The highest BCUT2D eigenvalue weighted by atomic mass is 14.5. The second-order valence-corrected chi connectivity index (χ2v) is 7.50. The van der Waals surface area contributed by atoms with Crippen molar-refractivity contribution >= 4 is 0 Å². The van der Waals surface area contributed by atoms with Gasteiger partial charge in [0, 0.05) is 0 Å². The standard InChI is InChI=1S/C18H38/c1-11-15(8)16(9)17(10)18(12(2)3,13(4)5)14(6)7/h12-17H,11H2,1-10H3/t15-,16-,17-/m0/s1. The van der Waals surface area contributed by atoms with E-state index in [0.29, 0.717) is 5.41 Å². The lowest BCUT2D eigenvalue weighted by atomic mass is 9.52. The molecule has 18 heavy (non-hydrogen) atoms. The van der Waals surface area contributed by atoms with Gasteiger partial charge in [0.25, 0.3) is 0 Å². The lowest BCUT2D eigenvalue weighted by molar-refractivity contribution is -0.0452. The van der Waals surface area contributed by atoms with E-state index in [0.717, 1.165) is 35.5 Å². The van der Waals surface area contributed by atoms with Gasteiger partial charge in [-0.15, -0.1) is 0 Å². The molecule has 0 aromatic heterocycles. The summed E-state index contributed by atoms with van der Waals surface area (Å²) < 4.78 is 0. The van der Waals surface area contributed by atoms with E-state index in [1.165, 1.54) is 6.42 Å². The second-order valence-electron chi connectivity index (χ2n) is 7.50. The molecule has 0 aliphatic heterocycles. The Labute approximate surface area is 117 Å². The predicted octanol–water partition coefficient (Wildman–Crippen LogP) is 6.26. The van der Waals surface area contributed by atoms with Gasteiger partial charge in [-0.2, -0.15) is 0 Å². The molecule has 0 unspecified atom stereocenters. The normalized spacial score (nSPS) is 18.5. The van der Waals surface area contributed by atoms with Crippen molar-refractivity contribution in [1.82, 2.24) is 0 Å². The van der Waals surface area contributed by atoms with Crippen LogP contribution in [-0.2, 0) is 0 Å². The Morgan fingerprint density at radius 2 is 1.00 bits per heavy atom. The first-order valence-corrected chi connectivity index (χ1v) is 8.13. The summed E-state index contributed by atoms with van der Waals surface area (Å²) in [5.74, 6) is 4.67. The topological polar surface area (TPSA) is 0 Å². The van der Waals surface area contributed by atoms with Gasteiger partial charge >= 0.3 is 0 Å². The molecule has 0 bridgehead atoms. The van der Waals surface area contributed by atoms with Crippen molar-refractivity contribution in [2.75, 3.05) is 0 Å². The van der Waals surface area contributed by atoms with Gasteiger partial charge in [0.05, 0.1) is 0 Å². The molecule has 0 aliphatic rings. The molecule has 0 rings (SSSR count). The second kappa shape index (κ2) is 6.96. The maximum absolute atomic E-state index is 2.51. The molecular weight excluding hydrogens is 216 g/mol. The SMILES string of the molecule is CC[C@H](C)[C@H](C)[C@H](C)C(C(C)C)(C(C)C)C(C)C. The largest absolute Gasteiger partial charge is 0.0651 e. The van der Waals surface area contributed by atoms with Crippen LogP contribution in [0.4, 0.5) is 0 Å². The van der Waals surface area contributed by atoms with E-state index >= 15 is 0 Å². The first-order chi connectivity index (χ1) is 8.13. The Balaban J connectivity index is 5.44. The van der Waals surface area contributed by atoms with E-state index in [2.05, 4.69) is 69.2 Å². The van der Waals surface area contributed by atoms with Crippen molar-refractivity contribution < 1.29 is 0 Å². The Morgan fingerprint density at radius 1 is 0.667 bits per heavy atom. The molecule has 0 heterocycles. The minimum atomic E-state index is 0.461. The van der Waals surface area contributed by atoms with Crippen LogP contribution in [-0.4, -0.2) is 0 Å². The average Bonchev–Trinajstić information content (AvgIpc) is 2.25. The molecule has 0 nitrogen and oxygen atoms in total. The molecule has 0 heteroatoms. The average molecular weight is 255 g/mol. The van der Waals surface area contributed by atoms with Crippen LogP contribution in [0.15, 0.2) is 0 Å². The molecule has 3 atom stereocenters. The third-order valence-electron chi connectivity index (χ3n) is 6.12. The molecule has 0 radical (unpaired) electrons. The van der Waals surface area contributed by atoms with Gasteiger partial charge in [-0.1, -0.05) is 75.7 Å². The van der Waals surface area contributed by atoms with Gasteiger partial charge in [-0.25, -0.2) is 0 Å². The third-order valence-corrected chi connectivity index (χ3v) is 6.12. The van der Waals surface area contributed by atoms with Crippen molar-refractivity contribution in [2.24, 2.45) is 40.9 Å². The number of rotatable bonds is 7. The molecule has 110 valence electrons. The zero-order chi connectivity index (χ0) is 14.7. The fourth-order valence-corrected chi connectivity index (χ4v) is 4.90. The quantitative estimate of drug-likeness (QED) is 0.503. The molecule has 0 saturated heterocycles. The Bertz CT molecular complexity index is 202. The highest BCUT2D eigenvalue weighted by molar-refractivity contribution is 4.94. The van der Waals surface area contributed by atoms with Crippen LogP contribution in [0.5, 0.6) is 0 Å². The van der Waals surface area contributed by atoms with Crippen LogP contribution in [0.25, 0.3) is 0 Å². The summed E-state index contributed by atoms with van der Waals surface area (Å²) in [6.07, 6.45) is 1.30. The van der Waals surface area contributed by atoms with Gasteiger partial charge in [0.1, 0.15) is 0 Å². The highest BCUT2D eigenvalue weighted by Crippen LogP contribution is 2.52. The molecule has 0 N–H and O–H groups in total. The monoisotopic (exact) mass is 254 g/mol. The summed E-state index contributed by atoms with van der Waals surface area (Å²) in [6, 6.07) is 0. The fraction of sp³-hybridized carbons (Fsp3) is 1.00. The maximum Gasteiger partial charge on any atom is -0.0200 e. The van der Waals surface area contributed by atoms with Crippen LogP contribution in [0.2, 0.25) is 0 Å². The van der Waals surface area contributed by atoms with Crippen LogP contribution < -0.4 is 0 Å². The number of hydrogen-bond acceptors (Lipinski definition) is 0. The van der Waals surface area contributed by atoms with E-state index in [9.17, 15) is 0 Å². The van der Waals surface area contributed by atoms with Crippen molar-refractivity contribution in [3.05, 3.63) is 0 Å². The van der Waals surface area contributed by atoms with Crippen LogP contribution in [0.1, 0.15) is 75.7 Å². The Hall–Kier alpha value is 0. The van der Waals surface area contributed by atoms with Crippen LogP contribution >= 0.6 is 0 Å². The first-order valence-electron chi connectivity index (χ1n) is 8.13. The van der Waals surface area contributed by atoms with Gasteiger partial charge in [-0.3, -0.25) is 0 Å². The molecule has 0 aliphatic carbocycles. The van der Waals surface area contributed by atoms with E-state index in [1.807, 2.05) is 0 Å². The van der Waals surface area contributed by atoms with Crippen LogP contribution in [0.3, 0.4) is 0 Å². The van der Waals surface area contributed by atoms with Crippen molar-refractivity contribution in [3.8, 4) is 0 Å². The summed E-state index contributed by atoms with van der Waals surface area (Å²) in [5.41, 5.74) is 0.461. The Kier molecular flexibility index (Phi) is 6.96. The molecule has 0 aromatic carbocycles. The predicted molar refractivity (Wildman–Crippen MR) is 84.7 cm³/mol. The van der Waals surface area contributed by atoms with Crippen molar-refractivity contribution in [1.29, 1.82) is 0 Å². The first kappa shape index (κ1) is 18.0. The van der Waals surface area contributed by atoms with Gasteiger partial charge in [0.15, 0.2) is 0 Å². The minimum Gasteiger partial charge on any atom is -0.0651 e. The van der Waals surface area contributed by atoms with E-state index in [4.69, 9.17) is 0 Å². The minimum absolute atomic E-state index is 0.461. The van der Waals surface area contributed by atoms with E-state index < -0.39 is 0 Å². The highest BCUT2D eigenvalue weighted by Gasteiger charge is 2.46. The van der Waals surface area contributed by atoms with Gasteiger partial charge in [-0.05, 0) is 40.9 Å². The molecular formula is C18H38. The van der Waals surface area contributed by atoms with Crippen molar-refractivity contribution in [2.45, 2.75) is 75.7 Å². The lowest BCUT2D eigenvalue weighted by Gasteiger charge is -2.53. The summed E-state index contributed by atoms with van der Waals surface area (Å²) in [4.78, 5) is 0. The molecule has 0 amide bonds. The van der Waals surface area contributed by atoms with E-state index in [1.54, 1.807) is 0 Å². The molecule has 0 aromatic rings. The smallest absolute Gasteiger partial charge is 0.0200 e. The van der Waals surface area contributed by atoms with Crippen LogP contribution in [0, 0.1) is 40.9 Å². The molecule has 0 saturated carbocycles. The summed E-state index contributed by atoms with van der Waals surface area (Å²) in [7, 11) is 0. The van der Waals surface area contributed by atoms with Gasteiger partial charge < -0.3 is 0 Å². The molecule has 0 fully saturated rings. The lowest BCUT2D eigenvalue weighted by Crippen LogP contribution is -2.47. The maximum atomic E-state index is 2.51. The zero-order valence-electron chi connectivity index (χ0n) is 14.7. The number of hydrogen-bond donors (Lipinski definition) is 0. The summed E-state index contributed by atoms with van der Waals surface area (Å²) in [6.45, 7) is 24.3.